The van der Waals surface area contributed by atoms with Gasteiger partial charge in [-0.25, -0.2) is 4.39 Å². The van der Waals surface area contributed by atoms with Crippen LogP contribution in [0.1, 0.15) is 0 Å². The zero-order chi connectivity index (χ0) is 3.58. The van der Waals surface area contributed by atoms with E-state index in [4.69, 9.17) is 5.11 Å². The lowest BCUT2D eigenvalue weighted by atomic mass is 11.6. The number of alkyl halides is 1. The van der Waals surface area contributed by atoms with Gasteiger partial charge in [-0.3, -0.25) is 0 Å². The lowest BCUT2D eigenvalue weighted by Crippen LogP contribution is -1.74. The molecule has 0 aromatic carbocycles. The largest absolute Gasteiger partial charge is 0.361 e. The third-order valence-electron chi connectivity index (χ3n) is 0. The Morgan fingerprint density at radius 2 is 2.00 bits per heavy atom. The van der Waals surface area contributed by atoms with Gasteiger partial charge < -0.3 is 5.11 Å². The maximum absolute atomic E-state index is 10.5. The molecule has 0 aliphatic heterocycles. The first-order chi connectivity index (χ1) is 1.73. The molecule has 2 unspecified atom stereocenters. The van der Waals surface area contributed by atoms with Gasteiger partial charge in [0.2, 0.25) is 6.10 Å². The molecule has 1 N–H and O–H groups in total. The molecule has 26 valence electrons. The van der Waals surface area contributed by atoms with Crippen molar-refractivity contribution < 1.29 is 9.50 Å². The minimum absolute atomic E-state index is 1.55. The summed E-state index contributed by atoms with van der Waals surface area (Å²) in [4.78, 5) is 0. The molecular weight excluding hydrogens is 78.0 g/mol. The molecule has 4 heavy (non-hydrogen) atoms. The van der Waals surface area contributed by atoms with Crippen molar-refractivity contribution in [3.63, 3.8) is 0 Å². The molecule has 1 nitrogen and oxygen atoms in total. The molecule has 0 saturated carbocycles. The van der Waals surface area contributed by atoms with E-state index in [1.54, 1.807) is 9.24 Å². The molecular formula is CH4FOP. The van der Waals surface area contributed by atoms with Crippen molar-refractivity contribution in [1.29, 1.82) is 0 Å². The van der Waals surface area contributed by atoms with Crippen molar-refractivity contribution in [3.8, 4) is 0 Å². The van der Waals surface area contributed by atoms with E-state index in [2.05, 4.69) is 0 Å². The summed E-state index contributed by atoms with van der Waals surface area (Å²) in [5.41, 5.74) is 0. The fourth-order valence-corrected chi connectivity index (χ4v) is 0. The number of hydrogen-bond donors (Lipinski definition) is 1. The summed E-state index contributed by atoms with van der Waals surface area (Å²) in [5.74, 6) is 0. The van der Waals surface area contributed by atoms with Gasteiger partial charge in [-0.05, 0) is 0 Å². The average Bonchev–Trinajstić information content (AvgIpc) is 0.811. The van der Waals surface area contributed by atoms with Crippen LogP contribution in [0.25, 0.3) is 0 Å². The van der Waals surface area contributed by atoms with Crippen LogP contribution in [0.4, 0.5) is 4.39 Å². The highest BCUT2D eigenvalue weighted by Crippen LogP contribution is 1.90. The average molecular weight is 82.0 g/mol. The van der Waals surface area contributed by atoms with Crippen LogP contribution in [0.5, 0.6) is 0 Å². The van der Waals surface area contributed by atoms with Crippen molar-refractivity contribution in [2.24, 2.45) is 0 Å². The third-order valence-corrected chi connectivity index (χ3v) is 0. The molecule has 0 aliphatic rings. The molecule has 0 bridgehead atoms. The van der Waals surface area contributed by atoms with E-state index in [0.29, 0.717) is 0 Å². The summed E-state index contributed by atoms with van der Waals surface area (Å²) < 4.78 is 10.5. The van der Waals surface area contributed by atoms with E-state index >= 15 is 0 Å². The minimum Gasteiger partial charge on any atom is -0.361 e. The number of hydrogen-bond acceptors (Lipinski definition) is 1. The van der Waals surface area contributed by atoms with E-state index < -0.39 is 6.10 Å². The second-order valence-corrected chi connectivity index (χ2v) is 0.923. The summed E-state index contributed by atoms with van der Waals surface area (Å²) in [6.45, 7) is 0. The van der Waals surface area contributed by atoms with E-state index in [1.807, 2.05) is 0 Å². The van der Waals surface area contributed by atoms with Crippen LogP contribution in [0.2, 0.25) is 0 Å². The number of aliphatic hydroxyl groups is 1. The minimum atomic E-state index is -1.75. The van der Waals surface area contributed by atoms with Gasteiger partial charge in [0, 0.05) is 0 Å². The first-order valence-corrected chi connectivity index (χ1v) is 1.48. The molecule has 3 heteroatoms. The second-order valence-electron chi connectivity index (χ2n) is 0.373. The van der Waals surface area contributed by atoms with Crippen LogP contribution < -0.4 is 0 Å². The molecule has 0 aromatic rings. The van der Waals surface area contributed by atoms with E-state index in [1.165, 1.54) is 0 Å². The standard InChI is InChI=1S/CH4FOP/c2-1(3)4/h1,3H,4H2. The topological polar surface area (TPSA) is 20.2 Å². The highest BCUT2D eigenvalue weighted by Gasteiger charge is 1.75. The van der Waals surface area contributed by atoms with Crippen LogP contribution in [0.3, 0.4) is 0 Å². The summed E-state index contributed by atoms with van der Waals surface area (Å²) in [6, 6.07) is 0. The number of halogens is 1. The van der Waals surface area contributed by atoms with Crippen LogP contribution >= 0.6 is 9.24 Å². The third kappa shape index (κ3) is 39.5. The smallest absolute Gasteiger partial charge is 0.208 e. The fourth-order valence-electron chi connectivity index (χ4n) is 0. The molecule has 0 aromatic heterocycles. The predicted molar refractivity (Wildman–Crippen MR) is 16.8 cm³/mol. The highest BCUT2D eigenvalue weighted by atomic mass is 31.0. The Bertz CT molecular complexity index is 12.8. The van der Waals surface area contributed by atoms with Gasteiger partial charge in [0.25, 0.3) is 0 Å². The summed E-state index contributed by atoms with van der Waals surface area (Å²) in [7, 11) is 1.55. The second kappa shape index (κ2) is 1.62. The lowest BCUT2D eigenvalue weighted by molar-refractivity contribution is 0.128. The lowest BCUT2D eigenvalue weighted by Gasteiger charge is -1.75. The zero-order valence-corrected chi connectivity index (χ0v) is 3.13. The number of aliphatic hydroxyl groups excluding tert-OH is 1. The molecule has 0 saturated heterocycles. The molecule has 0 spiro atoms. The van der Waals surface area contributed by atoms with Crippen LogP contribution in [0.15, 0.2) is 0 Å². The fraction of sp³-hybridized carbons (Fsp3) is 1.00. The molecule has 0 aliphatic carbocycles. The van der Waals surface area contributed by atoms with Crippen molar-refractivity contribution >= 4 is 9.24 Å². The van der Waals surface area contributed by atoms with Crippen molar-refractivity contribution in [3.05, 3.63) is 0 Å². The molecule has 0 rings (SSSR count). The predicted octanol–water partition coefficient (Wildman–Crippen LogP) is 0.107. The Kier molecular flexibility index (Phi) is 1.75. The molecule has 0 amide bonds. The Morgan fingerprint density at radius 3 is 2.00 bits per heavy atom. The van der Waals surface area contributed by atoms with E-state index in [9.17, 15) is 4.39 Å². The van der Waals surface area contributed by atoms with Gasteiger partial charge >= 0.3 is 0 Å². The maximum atomic E-state index is 10.5. The highest BCUT2D eigenvalue weighted by molar-refractivity contribution is 7.16. The van der Waals surface area contributed by atoms with E-state index in [-0.39, 0.29) is 0 Å². The molecule has 2 atom stereocenters. The van der Waals surface area contributed by atoms with E-state index in [0.717, 1.165) is 0 Å². The van der Waals surface area contributed by atoms with Gasteiger partial charge in [0.05, 0.1) is 0 Å². The zero-order valence-electron chi connectivity index (χ0n) is 1.98. The Morgan fingerprint density at radius 1 is 2.00 bits per heavy atom. The van der Waals surface area contributed by atoms with Gasteiger partial charge in [-0.1, -0.05) is 9.24 Å². The molecule has 0 fully saturated rings. The van der Waals surface area contributed by atoms with Crippen LogP contribution in [-0.4, -0.2) is 11.2 Å². The first kappa shape index (κ1) is 4.32. The van der Waals surface area contributed by atoms with Gasteiger partial charge in [0.1, 0.15) is 0 Å². The van der Waals surface area contributed by atoms with Gasteiger partial charge in [-0.2, -0.15) is 0 Å². The Labute approximate surface area is 26.0 Å². The van der Waals surface area contributed by atoms with Crippen LogP contribution in [0, 0.1) is 0 Å². The van der Waals surface area contributed by atoms with Gasteiger partial charge in [-0.15, -0.1) is 0 Å². The van der Waals surface area contributed by atoms with Crippen LogP contribution in [-0.2, 0) is 0 Å². The summed E-state index contributed by atoms with van der Waals surface area (Å²) >= 11 is 0. The van der Waals surface area contributed by atoms with Crippen molar-refractivity contribution in [2.75, 3.05) is 0 Å². The summed E-state index contributed by atoms with van der Waals surface area (Å²) in [5, 5.41) is 7.35. The first-order valence-electron chi connectivity index (χ1n) is 0.810. The molecule has 0 heterocycles. The number of rotatable bonds is 0. The Hall–Kier alpha value is 0.320. The SMILES string of the molecule is OC(F)P. The quantitative estimate of drug-likeness (QED) is 0.411. The van der Waals surface area contributed by atoms with Crippen molar-refractivity contribution in [1.82, 2.24) is 0 Å². The Balaban J connectivity index is 2.32. The summed E-state index contributed by atoms with van der Waals surface area (Å²) in [6.07, 6.45) is -1.75. The normalized spacial score (nSPS) is 15.8. The monoisotopic (exact) mass is 82.0 g/mol. The maximum Gasteiger partial charge on any atom is 0.208 e. The molecule has 0 radical (unpaired) electrons. The van der Waals surface area contributed by atoms with Crippen molar-refractivity contribution in [2.45, 2.75) is 6.10 Å². The van der Waals surface area contributed by atoms with Gasteiger partial charge in [0.15, 0.2) is 0 Å².